The molecule has 0 saturated carbocycles. The van der Waals surface area contributed by atoms with E-state index in [1.165, 1.54) is 5.69 Å². The molecule has 0 aliphatic carbocycles. The molecule has 1 saturated heterocycles. The molecule has 120 valence electrons. The van der Waals surface area contributed by atoms with Gasteiger partial charge in [0.15, 0.2) is 0 Å². The molecule has 3 N–H and O–H groups in total. The largest absolute Gasteiger partial charge is 0.369 e. The molecule has 4 aromatic rings. The molecule has 0 amide bonds. The van der Waals surface area contributed by atoms with Crippen LogP contribution in [0.1, 0.15) is 0 Å². The van der Waals surface area contributed by atoms with Crippen molar-refractivity contribution in [3.8, 4) is 11.4 Å². The third-order valence-corrected chi connectivity index (χ3v) is 4.54. The Morgan fingerprint density at radius 3 is 2.62 bits per heavy atom. The summed E-state index contributed by atoms with van der Waals surface area (Å²) < 4.78 is 0. The number of imidazole rings is 1. The summed E-state index contributed by atoms with van der Waals surface area (Å²) in [5.41, 5.74) is 5.98. The van der Waals surface area contributed by atoms with Crippen molar-refractivity contribution in [2.24, 2.45) is 0 Å². The number of anilines is 1. The zero-order valence-corrected chi connectivity index (χ0v) is 13.1. The van der Waals surface area contributed by atoms with Crippen LogP contribution in [0.5, 0.6) is 0 Å². The minimum Gasteiger partial charge on any atom is -0.369 e. The van der Waals surface area contributed by atoms with Gasteiger partial charge in [0.05, 0.1) is 11.0 Å². The minimum atomic E-state index is 0.842. The molecule has 0 unspecified atom stereocenters. The lowest BCUT2D eigenvalue weighted by molar-refractivity contribution is 0.589. The standard InChI is InChI=1S/C17H17N7/c1-3-14-16(22-23-21-14)9-11(1)17-19-13-4-2-12(10-15(13)20-17)24-7-5-18-6-8-24/h1-4,9-10,18H,5-8H2,(H,19,20)(H,21,22,23). The van der Waals surface area contributed by atoms with Gasteiger partial charge in [-0.2, -0.15) is 15.4 Å². The summed E-state index contributed by atoms with van der Waals surface area (Å²) in [7, 11) is 0. The SMILES string of the molecule is c1cc2n[nH]nc2cc1-c1nc2ccc(N3CCNCC3)cc2[nH]1. The first-order chi connectivity index (χ1) is 11.9. The first kappa shape index (κ1) is 13.5. The van der Waals surface area contributed by atoms with E-state index in [9.17, 15) is 0 Å². The van der Waals surface area contributed by atoms with Crippen LogP contribution in [0.4, 0.5) is 5.69 Å². The average Bonchev–Trinajstić information content (AvgIpc) is 3.27. The topological polar surface area (TPSA) is 85.5 Å². The van der Waals surface area contributed by atoms with Crippen LogP contribution in [0, 0.1) is 0 Å². The minimum absolute atomic E-state index is 0.842. The fourth-order valence-electron chi connectivity index (χ4n) is 3.24. The number of nitrogens with zero attached hydrogens (tertiary/aromatic N) is 4. The van der Waals surface area contributed by atoms with Gasteiger partial charge < -0.3 is 15.2 Å². The average molecular weight is 319 g/mol. The highest BCUT2D eigenvalue weighted by Crippen LogP contribution is 2.26. The number of rotatable bonds is 2. The number of nitrogens with one attached hydrogen (secondary N) is 3. The van der Waals surface area contributed by atoms with Gasteiger partial charge in [-0.25, -0.2) is 4.98 Å². The van der Waals surface area contributed by atoms with Crippen LogP contribution >= 0.6 is 0 Å². The Balaban J connectivity index is 1.54. The molecule has 1 aliphatic rings. The monoisotopic (exact) mass is 319 g/mol. The number of H-pyrrole nitrogens is 2. The molecule has 3 heterocycles. The van der Waals surface area contributed by atoms with E-state index >= 15 is 0 Å². The Hall–Kier alpha value is -2.93. The van der Waals surface area contributed by atoms with Crippen LogP contribution < -0.4 is 10.2 Å². The van der Waals surface area contributed by atoms with Crippen molar-refractivity contribution in [3.63, 3.8) is 0 Å². The number of benzene rings is 2. The number of hydrogen-bond donors (Lipinski definition) is 3. The van der Waals surface area contributed by atoms with Crippen LogP contribution in [0.2, 0.25) is 0 Å². The molecule has 24 heavy (non-hydrogen) atoms. The molecular formula is C17H17N7. The molecule has 0 bridgehead atoms. The lowest BCUT2D eigenvalue weighted by Crippen LogP contribution is -2.43. The molecular weight excluding hydrogens is 302 g/mol. The van der Waals surface area contributed by atoms with Gasteiger partial charge in [-0.05, 0) is 36.4 Å². The van der Waals surface area contributed by atoms with Crippen molar-refractivity contribution >= 4 is 27.8 Å². The molecule has 2 aromatic heterocycles. The van der Waals surface area contributed by atoms with Gasteiger partial charge in [-0.15, -0.1) is 0 Å². The molecule has 5 rings (SSSR count). The number of fused-ring (bicyclic) bond motifs is 2. The van der Waals surface area contributed by atoms with Crippen molar-refractivity contribution in [2.75, 3.05) is 31.1 Å². The Morgan fingerprint density at radius 2 is 1.71 bits per heavy atom. The maximum Gasteiger partial charge on any atom is 0.138 e. The van der Waals surface area contributed by atoms with E-state index in [1.54, 1.807) is 0 Å². The maximum absolute atomic E-state index is 4.72. The van der Waals surface area contributed by atoms with Gasteiger partial charge in [0, 0.05) is 37.4 Å². The van der Waals surface area contributed by atoms with Gasteiger partial charge in [-0.3, -0.25) is 0 Å². The summed E-state index contributed by atoms with van der Waals surface area (Å²) in [6.07, 6.45) is 0. The number of aromatic amines is 2. The first-order valence-corrected chi connectivity index (χ1v) is 8.13. The van der Waals surface area contributed by atoms with Crippen LogP contribution in [0.15, 0.2) is 36.4 Å². The van der Waals surface area contributed by atoms with E-state index < -0.39 is 0 Å². The van der Waals surface area contributed by atoms with Gasteiger partial charge >= 0.3 is 0 Å². The Morgan fingerprint density at radius 1 is 0.875 bits per heavy atom. The number of aromatic nitrogens is 5. The normalized spacial score (nSPS) is 15.4. The van der Waals surface area contributed by atoms with Gasteiger partial charge in [0.25, 0.3) is 0 Å². The highest BCUT2D eigenvalue weighted by atomic mass is 15.3. The molecule has 0 radical (unpaired) electrons. The Kier molecular flexibility index (Phi) is 2.99. The van der Waals surface area contributed by atoms with Gasteiger partial charge in [-0.1, -0.05) is 0 Å². The second kappa shape index (κ2) is 5.31. The zero-order valence-electron chi connectivity index (χ0n) is 13.1. The quantitative estimate of drug-likeness (QED) is 0.525. The van der Waals surface area contributed by atoms with Crippen molar-refractivity contribution in [1.29, 1.82) is 0 Å². The highest BCUT2D eigenvalue weighted by Gasteiger charge is 2.13. The van der Waals surface area contributed by atoms with E-state index in [0.717, 1.165) is 59.6 Å². The van der Waals surface area contributed by atoms with Crippen molar-refractivity contribution in [1.82, 2.24) is 30.7 Å². The maximum atomic E-state index is 4.72. The molecule has 1 fully saturated rings. The predicted octanol–water partition coefficient (Wildman–Crippen LogP) is 1.91. The second-order valence-corrected chi connectivity index (χ2v) is 6.05. The summed E-state index contributed by atoms with van der Waals surface area (Å²) in [5, 5.41) is 14.3. The van der Waals surface area contributed by atoms with Crippen molar-refractivity contribution in [2.45, 2.75) is 0 Å². The van der Waals surface area contributed by atoms with Crippen LogP contribution in [-0.4, -0.2) is 51.6 Å². The van der Waals surface area contributed by atoms with Gasteiger partial charge in [0.2, 0.25) is 0 Å². The highest BCUT2D eigenvalue weighted by molar-refractivity contribution is 5.85. The molecule has 0 spiro atoms. The lowest BCUT2D eigenvalue weighted by Gasteiger charge is -2.29. The molecule has 7 heteroatoms. The third kappa shape index (κ3) is 2.21. The van der Waals surface area contributed by atoms with Crippen molar-refractivity contribution < 1.29 is 0 Å². The Bertz CT molecular complexity index is 1010. The molecule has 1 aliphatic heterocycles. The summed E-state index contributed by atoms with van der Waals surface area (Å²) in [6.45, 7) is 4.14. The fraction of sp³-hybridized carbons (Fsp3) is 0.235. The summed E-state index contributed by atoms with van der Waals surface area (Å²) in [4.78, 5) is 10.6. The van der Waals surface area contributed by atoms with E-state index in [1.807, 2.05) is 18.2 Å². The molecule has 2 aromatic carbocycles. The zero-order chi connectivity index (χ0) is 15.9. The fourth-order valence-corrected chi connectivity index (χ4v) is 3.24. The summed E-state index contributed by atoms with van der Waals surface area (Å²) in [5.74, 6) is 0.854. The Labute approximate surface area is 138 Å². The van der Waals surface area contributed by atoms with E-state index in [4.69, 9.17) is 4.98 Å². The smallest absolute Gasteiger partial charge is 0.138 e. The molecule has 7 nitrogen and oxygen atoms in total. The number of piperazine rings is 1. The summed E-state index contributed by atoms with van der Waals surface area (Å²) in [6, 6.07) is 12.4. The number of hydrogen-bond acceptors (Lipinski definition) is 5. The molecule has 0 atom stereocenters. The van der Waals surface area contributed by atoms with E-state index in [2.05, 4.69) is 48.8 Å². The third-order valence-electron chi connectivity index (χ3n) is 4.54. The van der Waals surface area contributed by atoms with Crippen molar-refractivity contribution in [3.05, 3.63) is 36.4 Å². The van der Waals surface area contributed by atoms with Gasteiger partial charge in [0.1, 0.15) is 16.9 Å². The van der Waals surface area contributed by atoms with Crippen LogP contribution in [0.3, 0.4) is 0 Å². The van der Waals surface area contributed by atoms with E-state index in [-0.39, 0.29) is 0 Å². The van der Waals surface area contributed by atoms with E-state index in [0.29, 0.717) is 0 Å². The first-order valence-electron chi connectivity index (χ1n) is 8.13. The van der Waals surface area contributed by atoms with Crippen LogP contribution in [-0.2, 0) is 0 Å². The summed E-state index contributed by atoms with van der Waals surface area (Å²) >= 11 is 0. The predicted molar refractivity (Wildman–Crippen MR) is 94.1 cm³/mol. The second-order valence-electron chi connectivity index (χ2n) is 6.05. The lowest BCUT2D eigenvalue weighted by atomic mass is 10.2. The van der Waals surface area contributed by atoms with Crippen LogP contribution in [0.25, 0.3) is 33.5 Å².